The van der Waals surface area contributed by atoms with E-state index in [1.165, 1.54) is 11.8 Å². The molecule has 3 aromatic rings. The van der Waals surface area contributed by atoms with Crippen molar-refractivity contribution in [2.45, 2.75) is 23.8 Å². The Kier molecular flexibility index (Phi) is 8.58. The van der Waals surface area contributed by atoms with Crippen LogP contribution in [0.2, 0.25) is 0 Å². The molecule has 0 spiro atoms. The molecule has 0 aliphatic heterocycles. The zero-order chi connectivity index (χ0) is 27.2. The first kappa shape index (κ1) is 27.1. The van der Waals surface area contributed by atoms with Crippen LogP contribution in [0.5, 0.6) is 23.0 Å². The van der Waals surface area contributed by atoms with Crippen LogP contribution in [0, 0.1) is 0 Å². The summed E-state index contributed by atoms with van der Waals surface area (Å²) in [6.45, 7) is -0.219. The Labute approximate surface area is 225 Å². The van der Waals surface area contributed by atoms with Crippen molar-refractivity contribution in [2.75, 3.05) is 34.2 Å². The highest BCUT2D eigenvalue weighted by Crippen LogP contribution is 2.50. The summed E-state index contributed by atoms with van der Waals surface area (Å²) in [5.74, 6) is 1.63. The largest absolute Gasteiger partial charge is 0.493 e. The minimum Gasteiger partial charge on any atom is -0.493 e. The van der Waals surface area contributed by atoms with Gasteiger partial charge in [-0.15, -0.1) is 11.8 Å². The molecule has 9 heteroatoms. The van der Waals surface area contributed by atoms with E-state index in [4.69, 9.17) is 18.9 Å². The average Bonchev–Trinajstić information content (AvgIpc) is 3.19. The maximum Gasteiger partial charge on any atom is 0.258 e. The molecule has 1 aliphatic rings. The van der Waals surface area contributed by atoms with Gasteiger partial charge in [0.2, 0.25) is 5.75 Å². The molecule has 3 aromatic carbocycles. The van der Waals surface area contributed by atoms with Crippen LogP contribution in [0.15, 0.2) is 58.2 Å². The molecule has 4 rings (SSSR count). The van der Waals surface area contributed by atoms with Crippen molar-refractivity contribution in [2.24, 2.45) is 0 Å². The highest BCUT2D eigenvalue weighted by atomic mass is 32.2. The summed E-state index contributed by atoms with van der Waals surface area (Å²) in [5, 5.41) is 3.05. The number of rotatable bonds is 9. The number of ether oxygens (including phenoxy) is 4. The molecular weight excluding hydrogens is 506 g/mol. The van der Waals surface area contributed by atoms with Crippen LogP contribution in [0.3, 0.4) is 0 Å². The van der Waals surface area contributed by atoms with Gasteiger partial charge < -0.3 is 24.3 Å². The summed E-state index contributed by atoms with van der Waals surface area (Å²) in [6.07, 6.45) is 3.72. The molecule has 0 heterocycles. The Hall–Kier alpha value is -3.98. The molecule has 1 atom stereocenters. The molecule has 1 aliphatic carbocycles. The van der Waals surface area contributed by atoms with Gasteiger partial charge in [0.1, 0.15) is 12.0 Å². The molecule has 1 amide bonds. The van der Waals surface area contributed by atoms with E-state index in [0.717, 1.165) is 23.0 Å². The Morgan fingerprint density at radius 2 is 1.76 bits per heavy atom. The number of hydrogen-bond donors (Lipinski definition) is 1. The number of methoxy groups -OCH3 is 3. The van der Waals surface area contributed by atoms with Gasteiger partial charge in [0.25, 0.3) is 5.91 Å². The van der Waals surface area contributed by atoms with Crippen LogP contribution in [0.1, 0.15) is 33.9 Å². The van der Waals surface area contributed by atoms with Gasteiger partial charge in [-0.25, -0.2) is 0 Å². The van der Waals surface area contributed by atoms with Crippen LogP contribution in [0.25, 0.3) is 11.1 Å². The van der Waals surface area contributed by atoms with Crippen LogP contribution in [-0.2, 0) is 11.2 Å². The van der Waals surface area contributed by atoms with Crippen molar-refractivity contribution in [3.8, 4) is 34.1 Å². The molecule has 0 fully saturated rings. The molecule has 0 aromatic heterocycles. The summed E-state index contributed by atoms with van der Waals surface area (Å²) < 4.78 is 22.6. The fourth-order valence-corrected chi connectivity index (χ4v) is 5.11. The van der Waals surface area contributed by atoms with Gasteiger partial charge in [-0.05, 0) is 78.3 Å². The van der Waals surface area contributed by atoms with Crippen molar-refractivity contribution in [1.29, 1.82) is 0 Å². The third-order valence-electron chi connectivity index (χ3n) is 6.44. The first-order valence-corrected chi connectivity index (χ1v) is 13.2. The van der Waals surface area contributed by atoms with Crippen LogP contribution in [-0.4, -0.2) is 46.4 Å². The van der Waals surface area contributed by atoms with E-state index in [2.05, 4.69) is 5.32 Å². The average molecular weight is 536 g/mol. The summed E-state index contributed by atoms with van der Waals surface area (Å²) in [6, 6.07) is 13.2. The molecule has 0 saturated heterocycles. The maximum atomic E-state index is 13.1. The van der Waals surface area contributed by atoms with E-state index >= 15 is 0 Å². The lowest BCUT2D eigenvalue weighted by molar-refractivity contribution is -0.123. The fraction of sp³-hybridized carbons (Fsp3) is 0.276. The monoisotopic (exact) mass is 535 g/mol. The SMILES string of the molecule is COc1cc2c(c(OC)c1OC)-c1ccc(SC)c(=O)cc1[C@@H](NC(=O)COc1ccc(C=O)cc1)CC2. The molecular formula is C29H29NO7S. The molecule has 8 nitrogen and oxygen atoms in total. The first-order chi connectivity index (χ1) is 18.4. The van der Waals surface area contributed by atoms with Crippen LogP contribution < -0.4 is 29.7 Å². The van der Waals surface area contributed by atoms with Crippen LogP contribution in [0.4, 0.5) is 0 Å². The number of carbonyl (C=O) groups is 2. The first-order valence-electron chi connectivity index (χ1n) is 12.0. The van der Waals surface area contributed by atoms with E-state index in [0.29, 0.717) is 51.9 Å². The van der Waals surface area contributed by atoms with Gasteiger partial charge in [0, 0.05) is 11.1 Å². The summed E-state index contributed by atoms with van der Waals surface area (Å²) >= 11 is 1.36. The minimum absolute atomic E-state index is 0.132. The Morgan fingerprint density at radius 1 is 1.03 bits per heavy atom. The van der Waals surface area contributed by atoms with E-state index in [9.17, 15) is 14.4 Å². The molecule has 1 N–H and O–H groups in total. The second-order valence-electron chi connectivity index (χ2n) is 8.59. The Morgan fingerprint density at radius 3 is 2.39 bits per heavy atom. The lowest BCUT2D eigenvalue weighted by Crippen LogP contribution is -2.33. The molecule has 38 heavy (non-hydrogen) atoms. The van der Waals surface area contributed by atoms with Crippen molar-refractivity contribution in [1.82, 2.24) is 5.32 Å². The zero-order valence-corrected chi connectivity index (χ0v) is 22.5. The Bertz CT molecular complexity index is 1410. The second-order valence-corrected chi connectivity index (χ2v) is 9.44. The topological polar surface area (TPSA) is 100 Å². The van der Waals surface area contributed by atoms with Crippen LogP contribution >= 0.6 is 11.8 Å². The lowest BCUT2D eigenvalue weighted by Gasteiger charge is -2.20. The number of amides is 1. The van der Waals surface area contributed by atoms with Gasteiger partial charge in [-0.2, -0.15) is 0 Å². The maximum absolute atomic E-state index is 13.1. The third kappa shape index (κ3) is 5.47. The van der Waals surface area contributed by atoms with Crippen molar-refractivity contribution in [3.05, 3.63) is 75.4 Å². The molecule has 0 radical (unpaired) electrons. The third-order valence-corrected chi connectivity index (χ3v) is 7.22. The van der Waals surface area contributed by atoms with Gasteiger partial charge >= 0.3 is 0 Å². The number of nitrogens with one attached hydrogen (secondary N) is 1. The van der Waals surface area contributed by atoms with Crippen molar-refractivity contribution in [3.63, 3.8) is 0 Å². The van der Waals surface area contributed by atoms with Crippen molar-refractivity contribution < 1.29 is 28.5 Å². The molecule has 0 saturated carbocycles. The summed E-state index contributed by atoms with van der Waals surface area (Å²) in [5.41, 5.74) is 3.59. The van der Waals surface area contributed by atoms with Crippen molar-refractivity contribution >= 4 is 24.0 Å². The normalized spacial score (nSPS) is 13.8. The standard InChI is InChI=1S/C29H29NO7S/c1-34-24-13-18-7-11-22(30-26(33)16-37-19-8-5-17(15-31)6-9-19)21-14-23(32)25(38-4)12-10-20(21)27(18)29(36-3)28(24)35-2/h5-6,8-10,12-15,22H,7,11,16H2,1-4H3,(H,30,33)/t22-/m0/s1. The number of aryl methyl sites for hydroxylation is 1. The lowest BCUT2D eigenvalue weighted by atomic mass is 9.95. The fourth-order valence-electron chi connectivity index (χ4n) is 4.64. The number of carbonyl (C=O) groups excluding carboxylic acids is 2. The smallest absolute Gasteiger partial charge is 0.258 e. The van der Waals surface area contributed by atoms with E-state index in [1.807, 2.05) is 18.4 Å². The number of aldehydes is 1. The minimum atomic E-state index is -0.456. The number of fused-ring (bicyclic) bond motifs is 3. The quantitative estimate of drug-likeness (QED) is 0.317. The number of thioether (sulfide) groups is 1. The Balaban J connectivity index is 1.74. The van der Waals surface area contributed by atoms with E-state index < -0.39 is 6.04 Å². The van der Waals surface area contributed by atoms with Gasteiger partial charge in [0.05, 0.1) is 32.3 Å². The number of benzene rings is 2. The van der Waals surface area contributed by atoms with Gasteiger partial charge in [-0.3, -0.25) is 14.4 Å². The van der Waals surface area contributed by atoms with E-state index in [-0.39, 0.29) is 17.9 Å². The predicted molar refractivity (Wildman–Crippen MR) is 146 cm³/mol. The highest BCUT2D eigenvalue weighted by Gasteiger charge is 2.29. The highest BCUT2D eigenvalue weighted by molar-refractivity contribution is 7.98. The second kappa shape index (κ2) is 12.0. The zero-order valence-electron chi connectivity index (χ0n) is 21.7. The predicted octanol–water partition coefficient (Wildman–Crippen LogP) is 4.46. The molecule has 0 unspecified atom stereocenters. The van der Waals surface area contributed by atoms with E-state index in [1.54, 1.807) is 57.7 Å². The molecule has 0 bridgehead atoms. The summed E-state index contributed by atoms with van der Waals surface area (Å²) in [4.78, 5) is 37.5. The number of hydrogen-bond acceptors (Lipinski definition) is 8. The van der Waals surface area contributed by atoms with Gasteiger partial charge in [-0.1, -0.05) is 6.07 Å². The summed E-state index contributed by atoms with van der Waals surface area (Å²) in [7, 11) is 4.68. The van der Waals surface area contributed by atoms with Gasteiger partial charge in [0.15, 0.2) is 23.5 Å². The molecule has 198 valence electrons.